The predicted molar refractivity (Wildman–Crippen MR) is 169 cm³/mol. The van der Waals surface area contributed by atoms with Crippen LogP contribution in [0.1, 0.15) is 12.8 Å². The third kappa shape index (κ3) is 6.60. The minimum Gasteiger partial charge on any atom is -0.495 e. The van der Waals surface area contributed by atoms with E-state index in [4.69, 9.17) is 14.2 Å². The first-order chi connectivity index (χ1) is 21.9. The van der Waals surface area contributed by atoms with Crippen LogP contribution >= 0.6 is 11.3 Å². The predicted octanol–water partition coefficient (Wildman–Crippen LogP) is 5.82. The number of hydrogen-bond acceptors (Lipinski definition) is 12. The van der Waals surface area contributed by atoms with Gasteiger partial charge < -0.3 is 29.7 Å². The largest absolute Gasteiger partial charge is 0.495 e. The fourth-order valence-electron chi connectivity index (χ4n) is 4.94. The zero-order valence-electron chi connectivity index (χ0n) is 24.5. The number of carbonyl (C=O) groups is 1. The summed E-state index contributed by atoms with van der Waals surface area (Å²) in [4.78, 5) is 35.2. The van der Waals surface area contributed by atoms with E-state index in [1.165, 1.54) is 36.9 Å². The lowest BCUT2D eigenvalue weighted by Crippen LogP contribution is -2.41. The molecule has 14 heteroatoms. The van der Waals surface area contributed by atoms with Crippen molar-refractivity contribution in [1.29, 1.82) is 0 Å². The van der Waals surface area contributed by atoms with Gasteiger partial charge in [-0.25, -0.2) is 29.3 Å². The summed E-state index contributed by atoms with van der Waals surface area (Å²) < 4.78 is 31.8. The van der Waals surface area contributed by atoms with Gasteiger partial charge in [-0.3, -0.25) is 4.79 Å². The van der Waals surface area contributed by atoms with Gasteiger partial charge in [0, 0.05) is 60.0 Å². The van der Waals surface area contributed by atoms with E-state index in [9.17, 15) is 4.79 Å². The van der Waals surface area contributed by atoms with Crippen LogP contribution in [0.5, 0.6) is 22.7 Å². The standard InChI is InChI=1S/C31H29FN8O4S/c1-4-28(41)40-9-7-19(8-10-40)37-25-12-21-24(13-27(25)42-2)35-17-36-29(21)38-23-6-5-20(11-22(23)32)44-31-39-26(16-45-31)18-14-33-30(43-3)34-15-18/h4-6,11-17,19,37H,1,7-10H2,2-3H3,(H,35,36,38). The number of carbonyl (C=O) groups excluding carboxylic acids is 1. The van der Waals surface area contributed by atoms with Crippen molar-refractivity contribution >= 4 is 45.3 Å². The molecule has 45 heavy (non-hydrogen) atoms. The molecular weight excluding hydrogens is 599 g/mol. The van der Waals surface area contributed by atoms with Crippen LogP contribution in [-0.4, -0.2) is 69.1 Å². The molecule has 1 fully saturated rings. The monoisotopic (exact) mass is 628 g/mol. The van der Waals surface area contributed by atoms with Gasteiger partial charge in [0.1, 0.15) is 29.5 Å². The number of thiazole rings is 1. The molecule has 0 aliphatic carbocycles. The molecule has 1 aliphatic rings. The Hall–Kier alpha value is -5.37. The molecule has 0 saturated carbocycles. The maximum atomic E-state index is 15.3. The number of rotatable bonds is 10. The summed E-state index contributed by atoms with van der Waals surface area (Å²) in [5.74, 6) is 0.737. The summed E-state index contributed by atoms with van der Waals surface area (Å²) in [5, 5.41) is 9.46. The highest BCUT2D eigenvalue weighted by Gasteiger charge is 2.23. The van der Waals surface area contributed by atoms with Gasteiger partial charge in [0.15, 0.2) is 0 Å². The van der Waals surface area contributed by atoms with Crippen LogP contribution in [0.15, 0.2) is 67.1 Å². The fourth-order valence-corrected chi connectivity index (χ4v) is 5.63. The third-order valence-electron chi connectivity index (χ3n) is 7.29. The van der Waals surface area contributed by atoms with Crippen LogP contribution in [0.2, 0.25) is 0 Å². The highest BCUT2D eigenvalue weighted by Crippen LogP contribution is 2.36. The van der Waals surface area contributed by atoms with Gasteiger partial charge in [0.05, 0.1) is 36.8 Å². The molecule has 1 saturated heterocycles. The summed E-state index contributed by atoms with van der Waals surface area (Å²) in [6.07, 6.45) is 7.51. The van der Waals surface area contributed by atoms with Gasteiger partial charge in [-0.05, 0) is 37.1 Å². The van der Waals surface area contributed by atoms with Gasteiger partial charge in [-0.1, -0.05) is 17.9 Å². The van der Waals surface area contributed by atoms with E-state index >= 15 is 4.39 Å². The number of fused-ring (bicyclic) bond motifs is 1. The summed E-state index contributed by atoms with van der Waals surface area (Å²) in [5.41, 5.74) is 2.92. The lowest BCUT2D eigenvalue weighted by Gasteiger charge is -2.32. The Kier molecular flexibility index (Phi) is 8.64. The Labute approximate surface area is 262 Å². The lowest BCUT2D eigenvalue weighted by atomic mass is 10.0. The number of nitrogens with one attached hydrogen (secondary N) is 2. The average Bonchev–Trinajstić information content (AvgIpc) is 3.54. The number of amides is 1. The summed E-state index contributed by atoms with van der Waals surface area (Å²) in [6.45, 7) is 4.84. The van der Waals surface area contributed by atoms with Crippen molar-refractivity contribution < 1.29 is 23.4 Å². The Bertz CT molecular complexity index is 1840. The fraction of sp³-hybridized carbons (Fsp3) is 0.226. The lowest BCUT2D eigenvalue weighted by molar-refractivity contribution is -0.126. The molecule has 0 bridgehead atoms. The van der Waals surface area contributed by atoms with Crippen molar-refractivity contribution in [3.05, 3.63) is 72.9 Å². The molecule has 0 unspecified atom stereocenters. The van der Waals surface area contributed by atoms with Crippen molar-refractivity contribution in [3.63, 3.8) is 0 Å². The highest BCUT2D eigenvalue weighted by molar-refractivity contribution is 7.11. The minimum absolute atomic E-state index is 0.0611. The number of piperidine rings is 1. The number of likely N-dealkylation sites (tertiary alicyclic amines) is 1. The van der Waals surface area contributed by atoms with Crippen LogP contribution in [0.3, 0.4) is 0 Å². The number of anilines is 3. The van der Waals surface area contributed by atoms with Crippen LogP contribution in [0, 0.1) is 5.82 Å². The number of halogens is 1. The molecule has 0 spiro atoms. The highest BCUT2D eigenvalue weighted by atomic mass is 32.1. The zero-order valence-corrected chi connectivity index (χ0v) is 25.3. The van der Waals surface area contributed by atoms with E-state index in [1.54, 1.807) is 41.9 Å². The van der Waals surface area contributed by atoms with E-state index in [0.717, 1.165) is 18.5 Å². The van der Waals surface area contributed by atoms with E-state index < -0.39 is 5.82 Å². The Morgan fingerprint density at radius 2 is 1.87 bits per heavy atom. The smallest absolute Gasteiger partial charge is 0.316 e. The van der Waals surface area contributed by atoms with Crippen LogP contribution in [-0.2, 0) is 4.79 Å². The first kappa shape index (κ1) is 29.7. The van der Waals surface area contributed by atoms with Gasteiger partial charge in [-0.15, -0.1) is 0 Å². The number of benzene rings is 2. The van der Waals surface area contributed by atoms with E-state index in [1.807, 2.05) is 12.1 Å². The molecule has 2 aromatic carbocycles. The van der Waals surface area contributed by atoms with Crippen molar-refractivity contribution in [2.75, 3.05) is 37.9 Å². The van der Waals surface area contributed by atoms with Crippen molar-refractivity contribution in [2.45, 2.75) is 18.9 Å². The van der Waals surface area contributed by atoms with E-state index in [0.29, 0.717) is 52.0 Å². The second-order valence-electron chi connectivity index (χ2n) is 10.1. The number of ether oxygens (including phenoxy) is 3. The van der Waals surface area contributed by atoms with E-state index in [2.05, 4.69) is 42.1 Å². The van der Waals surface area contributed by atoms with Crippen LogP contribution < -0.4 is 24.8 Å². The first-order valence-electron chi connectivity index (χ1n) is 14.0. The minimum atomic E-state index is -0.535. The molecule has 5 aromatic rings. The van der Waals surface area contributed by atoms with Crippen molar-refractivity contribution in [3.8, 4) is 34.0 Å². The molecule has 4 heterocycles. The molecule has 0 atom stereocenters. The normalized spacial score (nSPS) is 13.4. The number of nitrogens with zero attached hydrogens (tertiary/aromatic N) is 6. The maximum Gasteiger partial charge on any atom is 0.316 e. The van der Waals surface area contributed by atoms with Gasteiger partial charge in [0.25, 0.3) is 5.19 Å². The number of methoxy groups -OCH3 is 2. The Morgan fingerprint density at radius 3 is 2.58 bits per heavy atom. The topological polar surface area (TPSA) is 137 Å². The van der Waals surface area contributed by atoms with Gasteiger partial charge in [0.2, 0.25) is 5.91 Å². The summed E-state index contributed by atoms with van der Waals surface area (Å²) >= 11 is 1.27. The quantitative estimate of drug-likeness (QED) is 0.181. The maximum absolute atomic E-state index is 15.3. The Morgan fingerprint density at radius 1 is 1.07 bits per heavy atom. The molecule has 0 radical (unpaired) electrons. The second kappa shape index (κ2) is 13.1. The zero-order chi connectivity index (χ0) is 31.3. The van der Waals surface area contributed by atoms with E-state index in [-0.39, 0.29) is 29.4 Å². The van der Waals surface area contributed by atoms with Gasteiger partial charge in [-0.2, -0.15) is 0 Å². The Balaban J connectivity index is 1.17. The van der Waals surface area contributed by atoms with Crippen LogP contribution in [0.25, 0.3) is 22.2 Å². The molecule has 230 valence electrons. The van der Waals surface area contributed by atoms with Gasteiger partial charge >= 0.3 is 6.01 Å². The molecule has 2 N–H and O–H groups in total. The molecule has 1 amide bonds. The second-order valence-corrected chi connectivity index (χ2v) is 10.9. The van der Waals surface area contributed by atoms with Crippen molar-refractivity contribution in [2.24, 2.45) is 0 Å². The molecular formula is C31H29FN8O4S. The molecule has 1 aliphatic heterocycles. The van der Waals surface area contributed by atoms with Crippen LogP contribution in [0.4, 0.5) is 21.6 Å². The number of aromatic nitrogens is 5. The summed E-state index contributed by atoms with van der Waals surface area (Å²) in [6, 6.07) is 8.60. The molecule has 3 aromatic heterocycles. The third-order valence-corrected chi connectivity index (χ3v) is 8.00. The first-order valence-corrected chi connectivity index (χ1v) is 14.9. The molecule has 6 rings (SSSR count). The summed E-state index contributed by atoms with van der Waals surface area (Å²) in [7, 11) is 3.09. The SMILES string of the molecule is C=CC(=O)N1CCC(Nc2cc3c(Nc4ccc(Oc5nc(-c6cnc(OC)nc6)cs5)cc4F)ncnc3cc2OC)CC1. The van der Waals surface area contributed by atoms with Crippen molar-refractivity contribution in [1.82, 2.24) is 29.8 Å². The molecule has 12 nitrogen and oxygen atoms in total. The average molecular weight is 629 g/mol. The number of hydrogen-bond donors (Lipinski definition) is 2.